The van der Waals surface area contributed by atoms with Crippen molar-refractivity contribution in [3.05, 3.63) is 24.3 Å². The molecule has 1 aromatic rings. The monoisotopic (exact) mass is 322 g/mol. The van der Waals surface area contributed by atoms with Gasteiger partial charge >= 0.3 is 12.0 Å². The van der Waals surface area contributed by atoms with E-state index in [1.807, 2.05) is 6.92 Å². The molecular weight excluding hydrogens is 296 g/mol. The fraction of sp³-hybridized carbons (Fsp3) is 0.529. The summed E-state index contributed by atoms with van der Waals surface area (Å²) in [5.74, 6) is -0.121. The van der Waals surface area contributed by atoms with Crippen LogP contribution in [0.2, 0.25) is 0 Å². The molecule has 23 heavy (non-hydrogen) atoms. The lowest BCUT2D eigenvalue weighted by Crippen LogP contribution is -2.45. The van der Waals surface area contributed by atoms with Gasteiger partial charge in [0.25, 0.3) is 0 Å². The number of nitrogens with one attached hydrogen (secondary N) is 2. The Morgan fingerprint density at radius 1 is 1.26 bits per heavy atom. The highest BCUT2D eigenvalue weighted by Gasteiger charge is 2.21. The highest BCUT2D eigenvalue weighted by atomic mass is 16.5. The van der Waals surface area contributed by atoms with Crippen LogP contribution in [0.25, 0.3) is 0 Å². The molecule has 0 heterocycles. The minimum absolute atomic E-state index is 0.00886. The Hall–Kier alpha value is -2.24. The minimum atomic E-state index is -0.878. The van der Waals surface area contributed by atoms with Crippen LogP contribution in [0.1, 0.15) is 47.0 Å². The van der Waals surface area contributed by atoms with Crippen molar-refractivity contribution in [1.82, 2.24) is 5.32 Å². The Labute approximate surface area is 137 Å². The van der Waals surface area contributed by atoms with E-state index >= 15 is 0 Å². The summed E-state index contributed by atoms with van der Waals surface area (Å²) in [4.78, 5) is 22.6. The van der Waals surface area contributed by atoms with E-state index in [4.69, 9.17) is 9.84 Å². The van der Waals surface area contributed by atoms with E-state index < -0.39 is 11.5 Å². The average Bonchev–Trinajstić information content (AvgIpc) is 2.46. The molecule has 0 radical (unpaired) electrons. The topological polar surface area (TPSA) is 87.7 Å². The first-order valence-corrected chi connectivity index (χ1v) is 7.79. The standard InChI is InChI=1S/C17H26N2O4/c1-5-12(2)23-14-8-6-13(7-9-14)18-16(22)19-17(3,4)11-10-15(20)21/h6-9,12H,5,10-11H2,1-4H3,(H,20,21)(H2,18,19,22). The number of hydrogen-bond acceptors (Lipinski definition) is 3. The number of carboxylic acids is 1. The van der Waals surface area contributed by atoms with Gasteiger partial charge in [0.15, 0.2) is 0 Å². The molecule has 3 N–H and O–H groups in total. The Bertz CT molecular complexity index is 526. The lowest BCUT2D eigenvalue weighted by molar-refractivity contribution is -0.137. The maximum Gasteiger partial charge on any atom is 0.319 e. The first kappa shape index (κ1) is 18.8. The number of benzene rings is 1. The second kappa shape index (κ2) is 8.41. The number of carbonyl (C=O) groups is 2. The predicted molar refractivity (Wildman–Crippen MR) is 89.9 cm³/mol. The first-order valence-electron chi connectivity index (χ1n) is 7.79. The molecule has 6 nitrogen and oxygen atoms in total. The van der Waals surface area contributed by atoms with Crippen LogP contribution in [0, 0.1) is 0 Å². The lowest BCUT2D eigenvalue weighted by atomic mass is 9.99. The fourth-order valence-electron chi connectivity index (χ4n) is 1.88. The number of aliphatic carboxylic acids is 1. The molecule has 1 rings (SSSR count). The number of rotatable bonds is 8. The fourth-order valence-corrected chi connectivity index (χ4v) is 1.88. The second-order valence-electron chi connectivity index (χ2n) is 6.22. The molecule has 2 amide bonds. The second-order valence-corrected chi connectivity index (χ2v) is 6.22. The molecule has 1 atom stereocenters. The molecule has 1 unspecified atom stereocenters. The van der Waals surface area contributed by atoms with Gasteiger partial charge in [0, 0.05) is 17.6 Å². The van der Waals surface area contributed by atoms with Crippen LogP contribution in [0.5, 0.6) is 5.75 Å². The number of anilines is 1. The van der Waals surface area contributed by atoms with Crippen molar-refractivity contribution in [1.29, 1.82) is 0 Å². The quantitative estimate of drug-likeness (QED) is 0.682. The molecule has 6 heteroatoms. The summed E-state index contributed by atoms with van der Waals surface area (Å²) in [6.07, 6.45) is 1.44. The Morgan fingerprint density at radius 3 is 2.39 bits per heavy atom. The van der Waals surface area contributed by atoms with Crippen LogP contribution < -0.4 is 15.4 Å². The van der Waals surface area contributed by atoms with Crippen molar-refractivity contribution in [3.63, 3.8) is 0 Å². The van der Waals surface area contributed by atoms with Gasteiger partial charge in [-0.3, -0.25) is 4.79 Å². The highest BCUT2D eigenvalue weighted by molar-refractivity contribution is 5.89. The number of hydrogen-bond donors (Lipinski definition) is 3. The maximum atomic E-state index is 12.0. The van der Waals surface area contributed by atoms with E-state index in [9.17, 15) is 9.59 Å². The van der Waals surface area contributed by atoms with Crippen molar-refractivity contribution >= 4 is 17.7 Å². The van der Waals surface area contributed by atoms with Crippen molar-refractivity contribution in [2.45, 2.75) is 58.6 Å². The number of urea groups is 1. The van der Waals surface area contributed by atoms with Gasteiger partial charge in [-0.05, 0) is 57.9 Å². The molecule has 128 valence electrons. The van der Waals surface area contributed by atoms with Crippen LogP contribution in [0.15, 0.2) is 24.3 Å². The third kappa shape index (κ3) is 7.54. The third-order valence-electron chi connectivity index (χ3n) is 3.44. The predicted octanol–water partition coefficient (Wildman–Crippen LogP) is 3.63. The molecule has 0 saturated carbocycles. The summed E-state index contributed by atoms with van der Waals surface area (Å²) in [7, 11) is 0. The zero-order valence-corrected chi connectivity index (χ0v) is 14.2. The normalized spacial score (nSPS) is 12.3. The van der Waals surface area contributed by atoms with E-state index in [1.54, 1.807) is 38.1 Å². The molecule has 0 spiro atoms. The molecule has 1 aromatic carbocycles. The van der Waals surface area contributed by atoms with Gasteiger partial charge in [-0.2, -0.15) is 0 Å². The molecule has 0 fully saturated rings. The van der Waals surface area contributed by atoms with Gasteiger partial charge in [-0.25, -0.2) is 4.79 Å². The molecule has 0 aliphatic carbocycles. The summed E-state index contributed by atoms with van der Waals surface area (Å²) >= 11 is 0. The zero-order valence-electron chi connectivity index (χ0n) is 14.2. The Balaban J connectivity index is 2.52. The van der Waals surface area contributed by atoms with Crippen molar-refractivity contribution in [2.75, 3.05) is 5.32 Å². The van der Waals surface area contributed by atoms with Gasteiger partial charge in [-0.1, -0.05) is 6.92 Å². The Kier molecular flexibility index (Phi) is 6.88. The van der Waals surface area contributed by atoms with Gasteiger partial charge in [-0.15, -0.1) is 0 Å². The molecule has 0 aliphatic heterocycles. The van der Waals surface area contributed by atoms with Gasteiger partial charge in [0.1, 0.15) is 5.75 Å². The summed E-state index contributed by atoms with van der Waals surface area (Å²) in [6, 6.07) is 6.77. The van der Waals surface area contributed by atoms with E-state index in [-0.39, 0.29) is 18.6 Å². The van der Waals surface area contributed by atoms with Gasteiger partial charge in [0.2, 0.25) is 0 Å². The maximum absolute atomic E-state index is 12.0. The molecule has 0 bridgehead atoms. The van der Waals surface area contributed by atoms with Crippen LogP contribution >= 0.6 is 0 Å². The average molecular weight is 322 g/mol. The van der Waals surface area contributed by atoms with Crippen LogP contribution in [0.4, 0.5) is 10.5 Å². The van der Waals surface area contributed by atoms with Crippen LogP contribution in [0.3, 0.4) is 0 Å². The van der Waals surface area contributed by atoms with E-state index in [0.717, 1.165) is 12.2 Å². The lowest BCUT2D eigenvalue weighted by Gasteiger charge is -2.25. The van der Waals surface area contributed by atoms with E-state index in [0.29, 0.717) is 12.1 Å². The van der Waals surface area contributed by atoms with E-state index in [1.165, 1.54) is 0 Å². The van der Waals surface area contributed by atoms with Crippen molar-refractivity contribution in [3.8, 4) is 5.75 Å². The molecular formula is C17H26N2O4. The van der Waals surface area contributed by atoms with Gasteiger partial charge in [0.05, 0.1) is 6.10 Å². The SMILES string of the molecule is CCC(C)Oc1ccc(NC(=O)NC(C)(C)CCC(=O)O)cc1. The summed E-state index contributed by atoms with van der Waals surface area (Å²) in [5.41, 5.74) is 0.0512. The summed E-state index contributed by atoms with van der Waals surface area (Å²) < 4.78 is 5.67. The number of carbonyl (C=O) groups excluding carboxylic acids is 1. The minimum Gasteiger partial charge on any atom is -0.491 e. The van der Waals surface area contributed by atoms with E-state index in [2.05, 4.69) is 17.6 Å². The number of carboxylic acid groups (broad SMARTS) is 1. The first-order chi connectivity index (χ1) is 10.7. The highest BCUT2D eigenvalue weighted by Crippen LogP contribution is 2.18. The van der Waals surface area contributed by atoms with Crippen molar-refractivity contribution in [2.24, 2.45) is 0 Å². The van der Waals surface area contributed by atoms with Gasteiger partial charge < -0.3 is 20.5 Å². The largest absolute Gasteiger partial charge is 0.491 e. The summed E-state index contributed by atoms with van der Waals surface area (Å²) in [5, 5.41) is 14.2. The zero-order chi connectivity index (χ0) is 17.5. The number of ether oxygens (including phenoxy) is 1. The molecule has 0 aliphatic rings. The third-order valence-corrected chi connectivity index (χ3v) is 3.44. The number of amides is 2. The summed E-state index contributed by atoms with van der Waals surface area (Å²) in [6.45, 7) is 7.63. The Morgan fingerprint density at radius 2 is 1.87 bits per heavy atom. The smallest absolute Gasteiger partial charge is 0.319 e. The van der Waals surface area contributed by atoms with Crippen LogP contribution in [-0.4, -0.2) is 28.7 Å². The molecule has 0 aromatic heterocycles. The van der Waals surface area contributed by atoms with Crippen LogP contribution in [-0.2, 0) is 4.79 Å². The van der Waals surface area contributed by atoms with Crippen molar-refractivity contribution < 1.29 is 19.4 Å². The molecule has 0 saturated heterocycles.